The average molecular weight is 226 g/mol. The molecule has 0 aliphatic carbocycles. The van der Waals surface area contributed by atoms with Gasteiger partial charge in [0.1, 0.15) is 11.6 Å². The zero-order chi connectivity index (χ0) is 12.1. The number of halogens is 1. The summed E-state index contributed by atoms with van der Waals surface area (Å²) in [5.74, 6) is 0.354. The largest absolute Gasteiger partial charge is 0.497 e. The van der Waals surface area contributed by atoms with E-state index in [1.54, 1.807) is 19.1 Å². The highest BCUT2D eigenvalue weighted by Gasteiger charge is 2.15. The number of rotatable bonds is 5. The van der Waals surface area contributed by atoms with Crippen molar-refractivity contribution in [3.05, 3.63) is 29.6 Å². The molecule has 0 aromatic heterocycles. The van der Waals surface area contributed by atoms with Gasteiger partial charge in [-0.3, -0.25) is 0 Å². The van der Waals surface area contributed by atoms with Crippen molar-refractivity contribution in [2.24, 2.45) is 5.92 Å². The smallest absolute Gasteiger partial charge is 0.130 e. The van der Waals surface area contributed by atoms with Crippen LogP contribution in [0.5, 0.6) is 5.75 Å². The van der Waals surface area contributed by atoms with Gasteiger partial charge in [0.2, 0.25) is 0 Å². The minimum absolute atomic E-state index is 0.0999. The van der Waals surface area contributed by atoms with E-state index in [1.807, 2.05) is 6.92 Å². The molecular formula is C13H19FO2. The summed E-state index contributed by atoms with van der Waals surface area (Å²) in [4.78, 5) is 0. The lowest BCUT2D eigenvalue weighted by molar-refractivity contribution is 0.122. The van der Waals surface area contributed by atoms with Crippen molar-refractivity contribution >= 4 is 0 Å². The molecule has 0 amide bonds. The second-order valence-corrected chi connectivity index (χ2v) is 4.07. The zero-order valence-corrected chi connectivity index (χ0v) is 10.0. The van der Waals surface area contributed by atoms with Crippen LogP contribution in [0.1, 0.15) is 25.8 Å². The lowest BCUT2D eigenvalue weighted by atomic mass is 9.92. The van der Waals surface area contributed by atoms with Gasteiger partial charge < -0.3 is 9.84 Å². The molecule has 1 N–H and O–H groups in total. The van der Waals surface area contributed by atoms with Crippen molar-refractivity contribution in [2.45, 2.75) is 32.8 Å². The number of ether oxygens (including phenoxy) is 1. The van der Waals surface area contributed by atoms with E-state index in [0.29, 0.717) is 17.7 Å². The Labute approximate surface area is 96.1 Å². The van der Waals surface area contributed by atoms with E-state index in [-0.39, 0.29) is 11.7 Å². The fraction of sp³-hybridized carbons (Fsp3) is 0.538. The highest BCUT2D eigenvalue weighted by molar-refractivity contribution is 5.29. The molecule has 0 aliphatic heterocycles. The number of benzene rings is 1. The lowest BCUT2D eigenvalue weighted by Gasteiger charge is -2.18. The van der Waals surface area contributed by atoms with Crippen LogP contribution in [0.15, 0.2) is 18.2 Å². The first-order valence-electron chi connectivity index (χ1n) is 5.59. The van der Waals surface area contributed by atoms with E-state index in [4.69, 9.17) is 4.74 Å². The number of methoxy groups -OCH3 is 1. The quantitative estimate of drug-likeness (QED) is 0.836. The van der Waals surface area contributed by atoms with Gasteiger partial charge in [-0.15, -0.1) is 0 Å². The van der Waals surface area contributed by atoms with Crippen molar-refractivity contribution in [3.8, 4) is 5.75 Å². The summed E-state index contributed by atoms with van der Waals surface area (Å²) in [7, 11) is 1.51. The van der Waals surface area contributed by atoms with Crippen LogP contribution in [0.2, 0.25) is 0 Å². The summed E-state index contributed by atoms with van der Waals surface area (Å²) in [6.45, 7) is 3.74. The number of aliphatic hydroxyl groups excluding tert-OH is 1. The molecule has 16 heavy (non-hydrogen) atoms. The first kappa shape index (κ1) is 13.0. The predicted octanol–water partition coefficient (Wildman–Crippen LogP) is 2.78. The molecule has 0 spiro atoms. The topological polar surface area (TPSA) is 29.5 Å². The van der Waals surface area contributed by atoms with Crippen LogP contribution in [0.3, 0.4) is 0 Å². The van der Waals surface area contributed by atoms with Crippen molar-refractivity contribution < 1.29 is 14.2 Å². The molecule has 1 rings (SSSR count). The molecule has 1 aromatic carbocycles. The van der Waals surface area contributed by atoms with Gasteiger partial charge >= 0.3 is 0 Å². The monoisotopic (exact) mass is 226 g/mol. The SMILES string of the molecule is CCC(Cc1ccc(OC)cc1F)C(C)O. The Morgan fingerprint density at radius 2 is 2.12 bits per heavy atom. The summed E-state index contributed by atoms with van der Waals surface area (Å²) in [5, 5.41) is 9.52. The fourth-order valence-corrected chi connectivity index (χ4v) is 1.76. The van der Waals surface area contributed by atoms with Crippen LogP contribution < -0.4 is 4.74 Å². The maximum Gasteiger partial charge on any atom is 0.130 e. The van der Waals surface area contributed by atoms with Crippen molar-refractivity contribution in [1.82, 2.24) is 0 Å². The molecular weight excluding hydrogens is 207 g/mol. The molecule has 0 saturated heterocycles. The molecule has 0 fully saturated rings. The van der Waals surface area contributed by atoms with Crippen LogP contribution in [-0.2, 0) is 6.42 Å². The van der Waals surface area contributed by atoms with Crippen LogP contribution >= 0.6 is 0 Å². The lowest BCUT2D eigenvalue weighted by Crippen LogP contribution is -2.18. The Balaban J connectivity index is 2.80. The maximum atomic E-state index is 13.6. The third kappa shape index (κ3) is 3.20. The van der Waals surface area contributed by atoms with E-state index >= 15 is 0 Å². The molecule has 0 bridgehead atoms. The molecule has 2 nitrogen and oxygen atoms in total. The van der Waals surface area contributed by atoms with E-state index < -0.39 is 6.10 Å². The second kappa shape index (κ2) is 5.85. The predicted molar refractivity (Wildman–Crippen MR) is 62.1 cm³/mol. The fourth-order valence-electron chi connectivity index (χ4n) is 1.76. The van der Waals surface area contributed by atoms with Gasteiger partial charge in [-0.25, -0.2) is 4.39 Å². The van der Waals surface area contributed by atoms with Crippen molar-refractivity contribution in [2.75, 3.05) is 7.11 Å². The highest BCUT2D eigenvalue weighted by atomic mass is 19.1. The van der Waals surface area contributed by atoms with E-state index in [2.05, 4.69) is 0 Å². The van der Waals surface area contributed by atoms with E-state index in [0.717, 1.165) is 6.42 Å². The second-order valence-electron chi connectivity index (χ2n) is 4.07. The van der Waals surface area contributed by atoms with Gasteiger partial charge in [0.15, 0.2) is 0 Å². The summed E-state index contributed by atoms with van der Waals surface area (Å²) < 4.78 is 18.6. The van der Waals surface area contributed by atoms with Crippen molar-refractivity contribution in [1.29, 1.82) is 0 Å². The van der Waals surface area contributed by atoms with Crippen LogP contribution in [0, 0.1) is 11.7 Å². The van der Waals surface area contributed by atoms with Gasteiger partial charge in [-0.1, -0.05) is 19.4 Å². The van der Waals surface area contributed by atoms with E-state index in [9.17, 15) is 9.50 Å². The molecule has 1 aromatic rings. The summed E-state index contributed by atoms with van der Waals surface area (Å²) in [5.41, 5.74) is 0.633. The molecule has 3 heteroatoms. The van der Waals surface area contributed by atoms with E-state index in [1.165, 1.54) is 13.2 Å². The zero-order valence-electron chi connectivity index (χ0n) is 10.0. The summed E-state index contributed by atoms with van der Waals surface area (Å²) >= 11 is 0. The summed E-state index contributed by atoms with van der Waals surface area (Å²) in [6.07, 6.45) is 0.985. The molecule has 0 radical (unpaired) electrons. The van der Waals surface area contributed by atoms with Crippen LogP contribution in [0.4, 0.5) is 4.39 Å². The molecule has 2 unspecified atom stereocenters. The van der Waals surface area contributed by atoms with Gasteiger partial charge in [0.05, 0.1) is 13.2 Å². The minimum Gasteiger partial charge on any atom is -0.497 e. The Morgan fingerprint density at radius 1 is 1.44 bits per heavy atom. The minimum atomic E-state index is -0.411. The molecule has 0 heterocycles. The van der Waals surface area contributed by atoms with Crippen molar-refractivity contribution in [3.63, 3.8) is 0 Å². The molecule has 90 valence electrons. The Hall–Kier alpha value is -1.09. The first-order valence-corrected chi connectivity index (χ1v) is 5.59. The normalized spacial score (nSPS) is 14.6. The molecule has 2 atom stereocenters. The summed E-state index contributed by atoms with van der Waals surface area (Å²) in [6, 6.07) is 4.84. The first-order chi connectivity index (χ1) is 7.58. The van der Waals surface area contributed by atoms with Gasteiger partial charge in [-0.05, 0) is 30.9 Å². The van der Waals surface area contributed by atoms with Gasteiger partial charge in [0.25, 0.3) is 0 Å². The van der Waals surface area contributed by atoms with Crippen LogP contribution in [-0.4, -0.2) is 18.3 Å². The Kier molecular flexibility index (Phi) is 4.74. The number of hydrogen-bond acceptors (Lipinski definition) is 2. The van der Waals surface area contributed by atoms with Crippen LogP contribution in [0.25, 0.3) is 0 Å². The number of hydrogen-bond donors (Lipinski definition) is 1. The van der Waals surface area contributed by atoms with Gasteiger partial charge in [0, 0.05) is 6.07 Å². The standard InChI is InChI=1S/C13H19FO2/c1-4-10(9(2)15)7-11-5-6-12(16-3)8-13(11)14/h5-6,8-10,15H,4,7H2,1-3H3. The average Bonchev–Trinajstić information content (AvgIpc) is 2.26. The Bertz CT molecular complexity index is 337. The molecule has 0 aliphatic rings. The highest BCUT2D eigenvalue weighted by Crippen LogP contribution is 2.21. The third-order valence-corrected chi connectivity index (χ3v) is 2.95. The van der Waals surface area contributed by atoms with Gasteiger partial charge in [-0.2, -0.15) is 0 Å². The third-order valence-electron chi connectivity index (χ3n) is 2.95. The maximum absolute atomic E-state index is 13.6. The molecule has 0 saturated carbocycles. The Morgan fingerprint density at radius 3 is 2.56 bits per heavy atom. The number of aliphatic hydroxyl groups is 1.